The number of piperidine rings is 1. The van der Waals surface area contributed by atoms with Crippen molar-refractivity contribution < 1.29 is 9.21 Å². The smallest absolute Gasteiger partial charge is 0.250 e. The van der Waals surface area contributed by atoms with Crippen molar-refractivity contribution in [3.63, 3.8) is 0 Å². The number of anilines is 2. The second-order valence-electron chi connectivity index (χ2n) is 7.82. The molecule has 9 heteroatoms. The number of halogens is 3. The van der Waals surface area contributed by atoms with Crippen LogP contribution in [-0.4, -0.2) is 24.1 Å². The van der Waals surface area contributed by atoms with Crippen molar-refractivity contribution >= 4 is 75.5 Å². The molecule has 5 nitrogen and oxygen atoms in total. The van der Waals surface area contributed by atoms with E-state index < -0.39 is 5.91 Å². The fraction of sp³-hybridized carbons (Fsp3) is 0.200. The molecule has 3 aromatic rings. The molecule has 1 aromatic heterocycles. The number of nitrogens with one attached hydrogen (secondary N) is 2. The molecule has 0 atom stereocenters. The molecule has 0 bridgehead atoms. The molecule has 0 radical (unpaired) electrons. The number of benzene rings is 2. The Balaban J connectivity index is 1.32. The minimum atomic E-state index is -0.393. The maximum Gasteiger partial charge on any atom is 0.250 e. The van der Waals surface area contributed by atoms with Crippen molar-refractivity contribution in [1.82, 2.24) is 5.32 Å². The summed E-state index contributed by atoms with van der Waals surface area (Å²) < 4.78 is 5.75. The number of hydrogen-bond acceptors (Lipinski definition) is 4. The number of nitrogens with zero attached hydrogens (tertiary/aromatic N) is 1. The Hall–Kier alpha value is -2.51. The van der Waals surface area contributed by atoms with Crippen LogP contribution in [0.2, 0.25) is 15.1 Å². The first-order chi connectivity index (χ1) is 16.4. The molecular weight excluding hydrogens is 513 g/mol. The van der Waals surface area contributed by atoms with Gasteiger partial charge < -0.3 is 14.6 Å². The van der Waals surface area contributed by atoms with Crippen LogP contribution in [0.25, 0.3) is 17.4 Å². The number of carbonyl (C=O) groups excluding carboxylic acids is 1. The van der Waals surface area contributed by atoms with E-state index in [1.54, 1.807) is 36.4 Å². The predicted molar refractivity (Wildman–Crippen MR) is 145 cm³/mol. The summed E-state index contributed by atoms with van der Waals surface area (Å²) in [5.41, 5.74) is 2.43. The van der Waals surface area contributed by atoms with Crippen LogP contribution in [0.1, 0.15) is 25.0 Å². The topological polar surface area (TPSA) is 57.5 Å². The second kappa shape index (κ2) is 11.3. The molecule has 2 aromatic carbocycles. The summed E-state index contributed by atoms with van der Waals surface area (Å²) in [6, 6.07) is 14.4. The molecule has 176 valence electrons. The van der Waals surface area contributed by atoms with E-state index in [2.05, 4.69) is 15.5 Å². The van der Waals surface area contributed by atoms with Crippen molar-refractivity contribution in [3.05, 3.63) is 75.4 Å². The Labute approximate surface area is 218 Å². The molecule has 2 heterocycles. The van der Waals surface area contributed by atoms with Crippen LogP contribution in [0, 0.1) is 0 Å². The van der Waals surface area contributed by atoms with E-state index >= 15 is 0 Å². The van der Waals surface area contributed by atoms with E-state index in [9.17, 15) is 4.79 Å². The molecule has 0 saturated carbocycles. The summed E-state index contributed by atoms with van der Waals surface area (Å²) in [4.78, 5) is 14.6. The zero-order valence-corrected chi connectivity index (χ0v) is 21.2. The predicted octanol–water partition coefficient (Wildman–Crippen LogP) is 7.42. The van der Waals surface area contributed by atoms with Gasteiger partial charge in [-0.25, -0.2) is 0 Å². The fourth-order valence-corrected chi connectivity index (χ4v) is 4.75. The summed E-state index contributed by atoms with van der Waals surface area (Å²) in [5, 5.41) is 7.45. The van der Waals surface area contributed by atoms with Crippen LogP contribution in [0.3, 0.4) is 0 Å². The Morgan fingerprint density at radius 3 is 2.50 bits per heavy atom. The monoisotopic (exact) mass is 533 g/mol. The molecule has 1 fully saturated rings. The minimum Gasteiger partial charge on any atom is -0.457 e. The van der Waals surface area contributed by atoms with E-state index in [0.29, 0.717) is 37.8 Å². The summed E-state index contributed by atoms with van der Waals surface area (Å²) >= 11 is 23.9. The molecule has 34 heavy (non-hydrogen) atoms. The van der Waals surface area contributed by atoms with Gasteiger partial charge in [-0.1, -0.05) is 34.8 Å². The van der Waals surface area contributed by atoms with Crippen LogP contribution in [-0.2, 0) is 4.79 Å². The first-order valence-corrected chi connectivity index (χ1v) is 12.3. The average Bonchev–Trinajstić information content (AvgIpc) is 3.27. The second-order valence-corrected chi connectivity index (χ2v) is 9.48. The van der Waals surface area contributed by atoms with Crippen molar-refractivity contribution in [2.24, 2.45) is 0 Å². The summed E-state index contributed by atoms with van der Waals surface area (Å²) in [5.74, 6) is 0.676. The number of hydrogen-bond donors (Lipinski definition) is 2. The third-order valence-electron chi connectivity index (χ3n) is 5.36. The van der Waals surface area contributed by atoms with Crippen LogP contribution in [0.4, 0.5) is 11.4 Å². The molecule has 0 aliphatic carbocycles. The van der Waals surface area contributed by atoms with Crippen LogP contribution in [0.15, 0.2) is 59.0 Å². The van der Waals surface area contributed by atoms with E-state index in [1.807, 2.05) is 18.2 Å². The first kappa shape index (κ1) is 24.6. The van der Waals surface area contributed by atoms with Crippen LogP contribution in [0.5, 0.6) is 0 Å². The van der Waals surface area contributed by atoms with Crippen LogP contribution < -0.4 is 15.5 Å². The van der Waals surface area contributed by atoms with Gasteiger partial charge in [-0.15, -0.1) is 0 Å². The zero-order valence-electron chi connectivity index (χ0n) is 18.1. The van der Waals surface area contributed by atoms with Gasteiger partial charge in [-0.3, -0.25) is 10.1 Å². The van der Waals surface area contributed by atoms with Gasteiger partial charge in [0.05, 0.1) is 15.7 Å². The number of amides is 1. The lowest BCUT2D eigenvalue weighted by atomic mass is 10.1. The zero-order chi connectivity index (χ0) is 24.1. The van der Waals surface area contributed by atoms with E-state index in [4.69, 9.17) is 51.4 Å². The SMILES string of the molecule is O=C(/C=C/c1ccc(-c2ccc(Cl)cc2Cl)o1)NC(=S)Nc1ccc(N2CCCCC2)c(Cl)c1. The molecule has 0 spiro atoms. The van der Waals surface area contributed by atoms with Crippen molar-refractivity contribution in [2.75, 3.05) is 23.3 Å². The summed E-state index contributed by atoms with van der Waals surface area (Å²) in [6.45, 7) is 2.02. The van der Waals surface area contributed by atoms with Gasteiger partial charge in [0.25, 0.3) is 0 Å². The highest BCUT2D eigenvalue weighted by atomic mass is 35.5. The van der Waals surface area contributed by atoms with E-state index in [0.717, 1.165) is 18.8 Å². The molecule has 0 unspecified atom stereocenters. The third-order valence-corrected chi connectivity index (χ3v) is 6.42. The molecule has 1 aliphatic heterocycles. The molecule has 4 rings (SSSR count). The highest BCUT2D eigenvalue weighted by Crippen LogP contribution is 2.32. The lowest BCUT2D eigenvalue weighted by Gasteiger charge is -2.29. The Kier molecular flexibility index (Phi) is 8.16. The molecule has 1 amide bonds. The van der Waals surface area contributed by atoms with Gasteiger partial charge in [0.2, 0.25) is 5.91 Å². The Bertz CT molecular complexity index is 1240. The number of thiocarbonyl (C=S) groups is 1. The highest BCUT2D eigenvalue weighted by molar-refractivity contribution is 7.80. The molecule has 1 aliphatic rings. The van der Waals surface area contributed by atoms with E-state index in [1.165, 1.54) is 25.3 Å². The third kappa shape index (κ3) is 6.33. The summed E-state index contributed by atoms with van der Waals surface area (Å²) in [7, 11) is 0. The average molecular weight is 535 g/mol. The van der Waals surface area contributed by atoms with Crippen molar-refractivity contribution in [2.45, 2.75) is 19.3 Å². The lowest BCUT2D eigenvalue weighted by Crippen LogP contribution is -2.33. The fourth-order valence-electron chi connectivity index (χ4n) is 3.73. The minimum absolute atomic E-state index is 0.171. The lowest BCUT2D eigenvalue weighted by molar-refractivity contribution is -0.115. The number of carbonyl (C=O) groups is 1. The number of furan rings is 1. The molecule has 2 N–H and O–H groups in total. The summed E-state index contributed by atoms with van der Waals surface area (Å²) in [6.07, 6.45) is 6.50. The van der Waals surface area contributed by atoms with E-state index in [-0.39, 0.29) is 5.11 Å². The van der Waals surface area contributed by atoms with Gasteiger partial charge in [0.1, 0.15) is 11.5 Å². The van der Waals surface area contributed by atoms with Crippen molar-refractivity contribution in [1.29, 1.82) is 0 Å². The Morgan fingerprint density at radius 1 is 0.971 bits per heavy atom. The van der Waals surface area contributed by atoms with Crippen molar-refractivity contribution in [3.8, 4) is 11.3 Å². The van der Waals surface area contributed by atoms with Gasteiger partial charge in [-0.2, -0.15) is 0 Å². The first-order valence-electron chi connectivity index (χ1n) is 10.8. The molecular formula is C25H22Cl3N3O2S. The number of rotatable bonds is 5. The Morgan fingerprint density at radius 2 is 1.76 bits per heavy atom. The normalized spacial score (nSPS) is 13.8. The van der Waals surface area contributed by atoms with Gasteiger partial charge in [-0.05, 0) is 86.1 Å². The highest BCUT2D eigenvalue weighted by Gasteiger charge is 2.14. The quantitative estimate of drug-likeness (QED) is 0.263. The van der Waals surface area contributed by atoms with Gasteiger partial charge >= 0.3 is 0 Å². The van der Waals surface area contributed by atoms with Crippen LogP contribution >= 0.6 is 47.0 Å². The molecule has 1 saturated heterocycles. The maximum absolute atomic E-state index is 12.3. The standard InChI is InChI=1S/C25H22Cl3N3O2S/c26-16-4-8-19(20(27)14-16)23-10-6-18(33-23)7-11-24(32)30-25(34)29-17-5-9-22(21(28)15-17)31-12-2-1-3-13-31/h4-11,14-15H,1-3,12-13H2,(H2,29,30,32,34)/b11-7+. The van der Waals surface area contributed by atoms with Gasteiger partial charge in [0.15, 0.2) is 5.11 Å². The van der Waals surface area contributed by atoms with Gasteiger partial charge in [0, 0.05) is 35.4 Å². The largest absolute Gasteiger partial charge is 0.457 e. The maximum atomic E-state index is 12.3.